The normalized spacial score (nSPS) is 20.5. The zero-order valence-corrected chi connectivity index (χ0v) is 22.8. The molecule has 0 spiro atoms. The van der Waals surface area contributed by atoms with Crippen molar-refractivity contribution in [3.8, 4) is 22.8 Å². The number of nitrogens with one attached hydrogen (secondary N) is 1. The van der Waals surface area contributed by atoms with Gasteiger partial charge in [-0.15, -0.1) is 5.10 Å². The number of benzene rings is 2. The monoisotopic (exact) mass is 546 g/mol. The molecule has 10 nitrogen and oxygen atoms in total. The molecule has 4 heterocycles. The van der Waals surface area contributed by atoms with Gasteiger partial charge < -0.3 is 29.4 Å². The molecule has 0 unspecified atom stereocenters. The average molecular weight is 547 g/mol. The lowest BCUT2D eigenvalue weighted by Gasteiger charge is -2.37. The van der Waals surface area contributed by atoms with Crippen LogP contribution in [0.5, 0.6) is 11.5 Å². The number of rotatable bonds is 8. The standard InChI is InChI=1S/C30H34N4O6/c1-30(16-38-17-30)18-40-28-23-8-10-39-27(23)22(11-19-3-5-20(6-4-19)25-14-34(2)33-32-25)12-24(28)29(36)31-13-21-7-9-37-15-26(21)35/h3-6,12-14,26,35H,7-11,15-18H2,1-2H3,(H,31,36)/b21-13+/t26-/m0/s1. The summed E-state index contributed by atoms with van der Waals surface area (Å²) in [6.45, 7) is 5.09. The van der Waals surface area contributed by atoms with Crippen molar-refractivity contribution in [2.45, 2.75) is 32.3 Å². The van der Waals surface area contributed by atoms with E-state index in [0.29, 0.717) is 63.6 Å². The van der Waals surface area contributed by atoms with Gasteiger partial charge in [-0.25, -0.2) is 0 Å². The molecule has 0 radical (unpaired) electrons. The Labute approximate surface area is 232 Å². The molecule has 2 aromatic carbocycles. The van der Waals surface area contributed by atoms with Gasteiger partial charge in [-0.1, -0.05) is 36.4 Å². The Hall–Kier alpha value is -3.73. The van der Waals surface area contributed by atoms with E-state index >= 15 is 0 Å². The van der Waals surface area contributed by atoms with Crippen LogP contribution in [0, 0.1) is 5.41 Å². The molecule has 2 saturated heterocycles. The number of carbonyl (C=O) groups excluding carboxylic acids is 1. The number of aliphatic hydroxyl groups excluding tert-OH is 1. The molecule has 3 aromatic rings. The van der Waals surface area contributed by atoms with Crippen molar-refractivity contribution in [1.29, 1.82) is 0 Å². The van der Waals surface area contributed by atoms with Gasteiger partial charge in [0.1, 0.15) is 23.3 Å². The predicted octanol–water partition coefficient (Wildman–Crippen LogP) is 2.82. The minimum absolute atomic E-state index is 0.0855. The van der Waals surface area contributed by atoms with Crippen molar-refractivity contribution in [3.63, 3.8) is 0 Å². The van der Waals surface area contributed by atoms with E-state index in [9.17, 15) is 9.90 Å². The molecule has 10 heteroatoms. The first-order valence-electron chi connectivity index (χ1n) is 13.6. The average Bonchev–Trinajstić information content (AvgIpc) is 3.61. The van der Waals surface area contributed by atoms with Crippen LogP contribution < -0.4 is 14.8 Å². The van der Waals surface area contributed by atoms with E-state index in [1.165, 1.54) is 0 Å². The molecule has 3 aliphatic rings. The number of hydrogen-bond acceptors (Lipinski definition) is 8. The van der Waals surface area contributed by atoms with Gasteiger partial charge in [-0.05, 0) is 29.2 Å². The molecule has 6 rings (SSSR count). The second-order valence-corrected chi connectivity index (χ2v) is 11.1. The minimum atomic E-state index is -0.725. The largest absolute Gasteiger partial charge is 0.493 e. The van der Waals surface area contributed by atoms with Crippen LogP contribution in [0.25, 0.3) is 11.3 Å². The van der Waals surface area contributed by atoms with Crippen molar-refractivity contribution >= 4 is 5.91 Å². The fourth-order valence-electron chi connectivity index (χ4n) is 5.23. The number of aryl methyl sites for hydroxylation is 1. The van der Waals surface area contributed by atoms with Crippen molar-refractivity contribution in [3.05, 3.63) is 70.6 Å². The van der Waals surface area contributed by atoms with Gasteiger partial charge in [0.2, 0.25) is 0 Å². The Bertz CT molecular complexity index is 1430. The van der Waals surface area contributed by atoms with E-state index in [1.807, 2.05) is 31.4 Å². The van der Waals surface area contributed by atoms with Gasteiger partial charge in [-0.3, -0.25) is 9.48 Å². The van der Waals surface area contributed by atoms with Gasteiger partial charge in [0, 0.05) is 42.6 Å². The maximum Gasteiger partial charge on any atom is 0.258 e. The smallest absolute Gasteiger partial charge is 0.258 e. The van der Waals surface area contributed by atoms with Crippen LogP contribution in [-0.4, -0.2) is 71.8 Å². The lowest BCUT2D eigenvalue weighted by atomic mass is 9.90. The molecule has 1 aromatic heterocycles. The first-order chi connectivity index (χ1) is 19.4. The van der Waals surface area contributed by atoms with Crippen molar-refractivity contribution < 1.29 is 28.8 Å². The molecule has 0 saturated carbocycles. The highest BCUT2D eigenvalue weighted by atomic mass is 16.5. The van der Waals surface area contributed by atoms with Crippen molar-refractivity contribution in [2.24, 2.45) is 12.5 Å². The molecule has 3 aliphatic heterocycles. The lowest BCUT2D eigenvalue weighted by molar-refractivity contribution is -0.120. The first kappa shape index (κ1) is 26.5. The third kappa shape index (κ3) is 5.47. The Morgan fingerprint density at radius 1 is 1.23 bits per heavy atom. The molecule has 0 aliphatic carbocycles. The van der Waals surface area contributed by atoms with Crippen LogP contribution in [0.4, 0.5) is 0 Å². The van der Waals surface area contributed by atoms with E-state index in [2.05, 4.69) is 34.7 Å². The molecule has 1 atom stereocenters. The fraction of sp³-hybridized carbons (Fsp3) is 0.433. The Balaban J connectivity index is 1.30. The van der Waals surface area contributed by atoms with E-state index in [4.69, 9.17) is 18.9 Å². The number of amides is 1. The summed E-state index contributed by atoms with van der Waals surface area (Å²) >= 11 is 0. The number of ether oxygens (including phenoxy) is 4. The van der Waals surface area contributed by atoms with E-state index in [-0.39, 0.29) is 17.9 Å². The second-order valence-electron chi connectivity index (χ2n) is 11.1. The van der Waals surface area contributed by atoms with Crippen molar-refractivity contribution in [2.75, 3.05) is 39.6 Å². The quantitative estimate of drug-likeness (QED) is 0.443. The predicted molar refractivity (Wildman–Crippen MR) is 146 cm³/mol. The third-order valence-electron chi connectivity index (χ3n) is 7.59. The summed E-state index contributed by atoms with van der Waals surface area (Å²) in [6, 6.07) is 10.0. The molecular formula is C30H34N4O6. The van der Waals surface area contributed by atoms with E-state index in [1.54, 1.807) is 10.9 Å². The molecule has 210 valence electrons. The number of nitrogens with zero attached hydrogens (tertiary/aromatic N) is 3. The summed E-state index contributed by atoms with van der Waals surface area (Å²) < 4.78 is 24.8. The zero-order valence-electron chi connectivity index (χ0n) is 22.8. The van der Waals surface area contributed by atoms with Crippen LogP contribution in [0.15, 0.2) is 48.3 Å². The highest BCUT2D eigenvalue weighted by Crippen LogP contribution is 2.42. The van der Waals surface area contributed by atoms with Gasteiger partial charge in [0.05, 0.1) is 51.4 Å². The molecular weight excluding hydrogens is 512 g/mol. The molecule has 0 bridgehead atoms. The number of aromatic nitrogens is 3. The fourth-order valence-corrected chi connectivity index (χ4v) is 5.23. The van der Waals surface area contributed by atoms with Crippen LogP contribution >= 0.6 is 0 Å². The highest BCUT2D eigenvalue weighted by Gasteiger charge is 2.36. The minimum Gasteiger partial charge on any atom is -0.493 e. The number of carbonyl (C=O) groups is 1. The SMILES string of the molecule is Cn1cc(-c2ccc(Cc3cc(C(=O)N/C=C4\CCOC[C@@H]4O)c(OCC4(C)COC4)c4c3OCC4)cc2)nn1. The van der Waals surface area contributed by atoms with Crippen LogP contribution in [0.2, 0.25) is 0 Å². The number of fused-ring (bicyclic) bond motifs is 1. The summed E-state index contributed by atoms with van der Waals surface area (Å²) in [6.07, 6.45) is 4.58. The topological polar surface area (TPSA) is 117 Å². The summed E-state index contributed by atoms with van der Waals surface area (Å²) in [5.41, 5.74) is 5.84. The molecule has 2 N–H and O–H groups in total. The van der Waals surface area contributed by atoms with Crippen molar-refractivity contribution in [1.82, 2.24) is 20.3 Å². The van der Waals surface area contributed by atoms with Gasteiger partial charge in [-0.2, -0.15) is 0 Å². The number of aliphatic hydroxyl groups is 1. The third-order valence-corrected chi connectivity index (χ3v) is 7.59. The maximum absolute atomic E-state index is 13.6. The zero-order chi connectivity index (χ0) is 27.7. The molecule has 2 fully saturated rings. The molecule has 40 heavy (non-hydrogen) atoms. The summed E-state index contributed by atoms with van der Waals surface area (Å²) in [4.78, 5) is 13.6. The second kappa shape index (κ2) is 11.0. The first-order valence-corrected chi connectivity index (χ1v) is 13.6. The van der Waals surface area contributed by atoms with Gasteiger partial charge in [0.25, 0.3) is 5.91 Å². The number of hydrogen-bond donors (Lipinski definition) is 2. The Morgan fingerprint density at radius 2 is 2.05 bits per heavy atom. The maximum atomic E-state index is 13.6. The van der Waals surface area contributed by atoms with E-state index in [0.717, 1.165) is 39.3 Å². The lowest BCUT2D eigenvalue weighted by Crippen LogP contribution is -2.44. The Kier molecular flexibility index (Phi) is 7.31. The van der Waals surface area contributed by atoms with Gasteiger partial charge in [0.15, 0.2) is 0 Å². The summed E-state index contributed by atoms with van der Waals surface area (Å²) in [5.74, 6) is 1.06. The Morgan fingerprint density at radius 3 is 2.75 bits per heavy atom. The van der Waals surface area contributed by atoms with Crippen LogP contribution in [-0.2, 0) is 29.4 Å². The van der Waals surface area contributed by atoms with Crippen LogP contribution in [0.3, 0.4) is 0 Å². The molecule has 1 amide bonds. The van der Waals surface area contributed by atoms with E-state index < -0.39 is 6.10 Å². The van der Waals surface area contributed by atoms with Gasteiger partial charge >= 0.3 is 0 Å². The van der Waals surface area contributed by atoms with Crippen LogP contribution in [0.1, 0.15) is 40.4 Å². The summed E-state index contributed by atoms with van der Waals surface area (Å²) in [7, 11) is 1.84. The highest BCUT2D eigenvalue weighted by molar-refractivity contribution is 5.99. The summed E-state index contributed by atoms with van der Waals surface area (Å²) in [5, 5.41) is 21.3.